The highest BCUT2D eigenvalue weighted by molar-refractivity contribution is 7.80. The van der Waals surface area contributed by atoms with E-state index in [-0.39, 0.29) is 11.9 Å². The highest BCUT2D eigenvalue weighted by Crippen LogP contribution is 2.01. The number of carbonyl (C=O) groups is 1. The van der Waals surface area contributed by atoms with Gasteiger partial charge in [-0.1, -0.05) is 12.2 Å². The molecule has 1 heterocycles. The third-order valence-electron chi connectivity index (χ3n) is 2.39. The maximum Gasteiger partial charge on any atom is 0.220 e. The molecule has 1 unspecified atom stereocenters. The molecule has 0 bridgehead atoms. The average molecular weight is 271 g/mol. The minimum absolute atomic E-state index is 0.0203. The van der Waals surface area contributed by atoms with Crippen molar-refractivity contribution in [3.8, 4) is 0 Å². The maximum absolute atomic E-state index is 11.5. The summed E-state index contributed by atoms with van der Waals surface area (Å²) in [5, 5.41) is 4.83. The van der Waals surface area contributed by atoms with Crippen LogP contribution >= 0.6 is 23.6 Å². The van der Waals surface area contributed by atoms with Gasteiger partial charge in [-0.25, -0.2) is 4.98 Å². The number of aromatic nitrogens is 1. The van der Waals surface area contributed by atoms with Gasteiger partial charge >= 0.3 is 0 Å². The van der Waals surface area contributed by atoms with Crippen molar-refractivity contribution in [2.45, 2.75) is 32.2 Å². The Morgan fingerprint density at radius 1 is 1.71 bits per heavy atom. The van der Waals surface area contributed by atoms with Crippen LogP contribution in [0.15, 0.2) is 10.9 Å². The zero-order valence-electron chi connectivity index (χ0n) is 9.81. The van der Waals surface area contributed by atoms with Crippen molar-refractivity contribution < 1.29 is 4.79 Å². The van der Waals surface area contributed by atoms with E-state index in [0.717, 1.165) is 17.0 Å². The van der Waals surface area contributed by atoms with Gasteiger partial charge in [0, 0.05) is 35.7 Å². The average Bonchev–Trinajstić information content (AvgIpc) is 2.78. The molecule has 1 amide bonds. The van der Waals surface area contributed by atoms with Crippen LogP contribution in [0.1, 0.15) is 25.5 Å². The zero-order valence-corrected chi connectivity index (χ0v) is 11.4. The van der Waals surface area contributed by atoms with Gasteiger partial charge in [-0.15, -0.1) is 11.3 Å². The molecule has 0 fully saturated rings. The van der Waals surface area contributed by atoms with Crippen LogP contribution in [-0.2, 0) is 11.2 Å². The fourth-order valence-corrected chi connectivity index (χ4v) is 1.98. The Kier molecular flexibility index (Phi) is 6.25. The summed E-state index contributed by atoms with van der Waals surface area (Å²) < 4.78 is 0. The molecule has 0 spiro atoms. The van der Waals surface area contributed by atoms with Crippen molar-refractivity contribution in [2.24, 2.45) is 5.73 Å². The summed E-state index contributed by atoms with van der Waals surface area (Å²) in [5.74, 6) is 0.0203. The number of hydrogen-bond acceptors (Lipinski definition) is 5. The van der Waals surface area contributed by atoms with Gasteiger partial charge in [0.25, 0.3) is 0 Å². The monoisotopic (exact) mass is 271 g/mol. The molecule has 0 aliphatic carbocycles. The van der Waals surface area contributed by atoms with Gasteiger partial charge in [0.1, 0.15) is 0 Å². The quantitative estimate of drug-likeness (QED) is 0.734. The van der Waals surface area contributed by atoms with Gasteiger partial charge in [-0.2, -0.15) is 0 Å². The molecule has 3 N–H and O–H groups in total. The molecule has 0 radical (unpaired) electrons. The fourth-order valence-electron chi connectivity index (χ4n) is 1.27. The lowest BCUT2D eigenvalue weighted by atomic mass is 10.1. The molecule has 0 aliphatic rings. The number of nitrogens with two attached hydrogens (primary N) is 1. The Morgan fingerprint density at radius 2 is 2.47 bits per heavy atom. The van der Waals surface area contributed by atoms with Gasteiger partial charge in [-0.05, 0) is 13.3 Å². The van der Waals surface area contributed by atoms with E-state index in [1.807, 2.05) is 5.38 Å². The minimum Gasteiger partial charge on any atom is -0.356 e. The summed E-state index contributed by atoms with van der Waals surface area (Å²) in [6.45, 7) is 2.43. The predicted octanol–water partition coefficient (Wildman–Crippen LogP) is 1.30. The van der Waals surface area contributed by atoms with Crippen molar-refractivity contribution in [1.29, 1.82) is 0 Å². The van der Waals surface area contributed by atoms with Crippen LogP contribution in [0.25, 0.3) is 0 Å². The van der Waals surface area contributed by atoms with E-state index in [0.29, 0.717) is 19.4 Å². The van der Waals surface area contributed by atoms with Gasteiger partial charge < -0.3 is 11.1 Å². The van der Waals surface area contributed by atoms with Crippen molar-refractivity contribution in [3.63, 3.8) is 0 Å². The smallest absolute Gasteiger partial charge is 0.220 e. The summed E-state index contributed by atoms with van der Waals surface area (Å²) in [6.07, 6.45) is 1.80. The Morgan fingerprint density at radius 3 is 3.06 bits per heavy atom. The summed E-state index contributed by atoms with van der Waals surface area (Å²) in [4.78, 5) is 16.4. The molecule has 1 atom stereocenters. The second-order valence-corrected chi connectivity index (χ2v) is 5.20. The van der Waals surface area contributed by atoms with E-state index >= 15 is 0 Å². The number of carbonyl (C=O) groups excluding carboxylic acids is 1. The second kappa shape index (κ2) is 7.47. The van der Waals surface area contributed by atoms with Gasteiger partial charge in [-0.3, -0.25) is 4.79 Å². The molecule has 0 saturated heterocycles. The second-order valence-electron chi connectivity index (χ2n) is 3.84. The predicted molar refractivity (Wildman–Crippen MR) is 74.3 cm³/mol. The first-order valence-corrected chi connectivity index (χ1v) is 6.84. The van der Waals surface area contributed by atoms with Crippen molar-refractivity contribution in [3.05, 3.63) is 16.6 Å². The lowest BCUT2D eigenvalue weighted by molar-refractivity contribution is -0.121. The van der Waals surface area contributed by atoms with Crippen LogP contribution in [0, 0.1) is 0 Å². The molecule has 6 heteroatoms. The van der Waals surface area contributed by atoms with Crippen LogP contribution in [0.4, 0.5) is 0 Å². The summed E-state index contributed by atoms with van der Waals surface area (Å²) in [5.41, 5.74) is 8.55. The largest absolute Gasteiger partial charge is 0.356 e. The number of nitrogens with zero attached hydrogens (tertiary/aromatic N) is 1. The van der Waals surface area contributed by atoms with Gasteiger partial charge in [0.05, 0.1) is 11.2 Å². The van der Waals surface area contributed by atoms with Crippen LogP contribution in [0.3, 0.4) is 0 Å². The Bertz CT molecular complexity index is 365. The molecule has 4 nitrogen and oxygen atoms in total. The molecule has 1 aromatic rings. The Labute approximate surface area is 111 Å². The Hall–Kier alpha value is -0.850. The first kappa shape index (κ1) is 14.2. The SMILES string of the molecule is CC(=S)C(N)CCC(=O)NCCc1cscn1. The standard InChI is InChI=1S/C11H17N3OS2/c1-8(16)10(12)2-3-11(15)13-5-4-9-6-17-7-14-9/h6-7,10H,2-5,12H2,1H3,(H,13,15). The molecular weight excluding hydrogens is 254 g/mol. The van der Waals surface area contributed by atoms with Crippen LogP contribution in [0.5, 0.6) is 0 Å². The van der Waals surface area contributed by atoms with E-state index in [1.165, 1.54) is 0 Å². The molecule has 0 aliphatic heterocycles. The number of amides is 1. The number of thiocarbonyl (C=S) groups is 1. The molecule has 0 saturated carbocycles. The lowest BCUT2D eigenvalue weighted by Gasteiger charge is -2.09. The highest BCUT2D eigenvalue weighted by atomic mass is 32.1. The number of hydrogen-bond donors (Lipinski definition) is 2. The van der Waals surface area contributed by atoms with Crippen LogP contribution in [0.2, 0.25) is 0 Å². The molecule has 1 aromatic heterocycles. The summed E-state index contributed by atoms with van der Waals surface area (Å²) in [6, 6.07) is -0.158. The third kappa shape index (κ3) is 5.86. The highest BCUT2D eigenvalue weighted by Gasteiger charge is 2.08. The van der Waals surface area contributed by atoms with Crippen molar-refractivity contribution >= 4 is 34.3 Å². The molecule has 1 rings (SSSR count). The number of rotatable bonds is 7. The molecule has 17 heavy (non-hydrogen) atoms. The van der Waals surface area contributed by atoms with E-state index < -0.39 is 0 Å². The number of thiazole rings is 1. The minimum atomic E-state index is -0.158. The first-order chi connectivity index (χ1) is 8.09. The van der Waals surface area contributed by atoms with E-state index in [2.05, 4.69) is 10.3 Å². The number of nitrogens with one attached hydrogen (secondary N) is 1. The summed E-state index contributed by atoms with van der Waals surface area (Å²) >= 11 is 6.51. The van der Waals surface area contributed by atoms with Crippen molar-refractivity contribution in [1.82, 2.24) is 10.3 Å². The van der Waals surface area contributed by atoms with Crippen LogP contribution < -0.4 is 11.1 Å². The van der Waals surface area contributed by atoms with Gasteiger partial charge in [0.15, 0.2) is 0 Å². The van der Waals surface area contributed by atoms with E-state index in [1.54, 1.807) is 23.8 Å². The van der Waals surface area contributed by atoms with Gasteiger partial charge in [0.2, 0.25) is 5.91 Å². The molecule has 0 aromatic carbocycles. The van der Waals surface area contributed by atoms with E-state index in [4.69, 9.17) is 18.0 Å². The third-order valence-corrected chi connectivity index (χ3v) is 3.33. The van der Waals surface area contributed by atoms with Crippen LogP contribution in [-0.4, -0.2) is 28.3 Å². The van der Waals surface area contributed by atoms with E-state index in [9.17, 15) is 4.79 Å². The zero-order chi connectivity index (χ0) is 12.7. The normalized spacial score (nSPS) is 12.1. The topological polar surface area (TPSA) is 68.0 Å². The summed E-state index contributed by atoms with van der Waals surface area (Å²) in [7, 11) is 0. The molecular formula is C11H17N3OS2. The maximum atomic E-state index is 11.5. The fraction of sp³-hybridized carbons (Fsp3) is 0.545. The Balaban J connectivity index is 2.11. The molecule has 94 valence electrons. The van der Waals surface area contributed by atoms with Crippen molar-refractivity contribution in [2.75, 3.05) is 6.54 Å². The lowest BCUT2D eigenvalue weighted by Crippen LogP contribution is -2.31. The first-order valence-electron chi connectivity index (χ1n) is 5.49.